The maximum atomic E-state index is 13.6. The molecule has 0 spiro atoms. The molecule has 5 heteroatoms. The van der Waals surface area contributed by atoms with E-state index in [9.17, 15) is 8.78 Å². The molecule has 0 radical (unpaired) electrons. The molecule has 0 fully saturated rings. The molecule has 2 rings (SSSR count). The Morgan fingerprint density at radius 1 is 1.20 bits per heavy atom. The summed E-state index contributed by atoms with van der Waals surface area (Å²) >= 11 is 0. The first-order valence-corrected chi connectivity index (χ1v) is 5.91. The van der Waals surface area contributed by atoms with Crippen LogP contribution in [0.3, 0.4) is 0 Å². The van der Waals surface area contributed by atoms with E-state index in [0.29, 0.717) is 17.0 Å². The normalized spacial score (nSPS) is 9.90. The number of rotatable bonds is 4. The zero-order valence-corrected chi connectivity index (χ0v) is 10.8. The first-order chi connectivity index (χ1) is 9.67. The van der Waals surface area contributed by atoms with E-state index in [2.05, 4.69) is 5.32 Å². The topological polar surface area (TPSA) is 45.0 Å². The first-order valence-electron chi connectivity index (χ1n) is 5.91. The maximum absolute atomic E-state index is 13.6. The van der Waals surface area contributed by atoms with E-state index in [1.165, 1.54) is 19.2 Å². The van der Waals surface area contributed by atoms with Gasteiger partial charge in [-0.3, -0.25) is 0 Å². The Hall–Kier alpha value is -2.61. The Balaban J connectivity index is 2.27. The van der Waals surface area contributed by atoms with Crippen LogP contribution in [-0.4, -0.2) is 7.11 Å². The number of anilines is 1. The first kappa shape index (κ1) is 13.8. The number of hydrogen-bond donors (Lipinski definition) is 1. The SMILES string of the molecule is COc1cccc(C#N)c1NCc1cccc(F)c1F. The highest BCUT2D eigenvalue weighted by Crippen LogP contribution is 2.28. The molecule has 0 aliphatic heterocycles. The molecule has 0 saturated heterocycles. The molecular weight excluding hydrogens is 262 g/mol. The lowest BCUT2D eigenvalue weighted by Gasteiger charge is -2.13. The van der Waals surface area contributed by atoms with Crippen LogP contribution in [0.15, 0.2) is 36.4 Å². The van der Waals surface area contributed by atoms with Crippen molar-refractivity contribution in [1.82, 2.24) is 0 Å². The van der Waals surface area contributed by atoms with Crippen LogP contribution in [0.1, 0.15) is 11.1 Å². The van der Waals surface area contributed by atoms with Crippen molar-refractivity contribution in [2.24, 2.45) is 0 Å². The van der Waals surface area contributed by atoms with Crippen LogP contribution in [-0.2, 0) is 6.54 Å². The van der Waals surface area contributed by atoms with Crippen molar-refractivity contribution >= 4 is 5.69 Å². The third-order valence-electron chi connectivity index (χ3n) is 2.85. The molecule has 2 aromatic carbocycles. The maximum Gasteiger partial charge on any atom is 0.163 e. The van der Waals surface area contributed by atoms with Crippen LogP contribution < -0.4 is 10.1 Å². The summed E-state index contributed by atoms with van der Waals surface area (Å²) in [6, 6.07) is 11.0. The Morgan fingerprint density at radius 2 is 1.95 bits per heavy atom. The van der Waals surface area contributed by atoms with E-state index in [0.717, 1.165) is 6.07 Å². The molecule has 2 aromatic rings. The molecule has 0 saturated carbocycles. The molecule has 0 bridgehead atoms. The number of methoxy groups -OCH3 is 1. The lowest BCUT2D eigenvalue weighted by molar-refractivity contribution is 0.416. The minimum atomic E-state index is -0.898. The summed E-state index contributed by atoms with van der Waals surface area (Å²) in [4.78, 5) is 0. The highest BCUT2D eigenvalue weighted by atomic mass is 19.2. The lowest BCUT2D eigenvalue weighted by Crippen LogP contribution is -2.06. The largest absolute Gasteiger partial charge is 0.495 e. The second-order valence-corrected chi connectivity index (χ2v) is 4.06. The van der Waals surface area contributed by atoms with Gasteiger partial charge in [0.05, 0.1) is 18.4 Å². The number of ether oxygens (including phenoxy) is 1. The van der Waals surface area contributed by atoms with Crippen LogP contribution >= 0.6 is 0 Å². The monoisotopic (exact) mass is 274 g/mol. The molecule has 1 N–H and O–H groups in total. The fraction of sp³-hybridized carbons (Fsp3) is 0.133. The van der Waals surface area contributed by atoms with Gasteiger partial charge in [-0.25, -0.2) is 8.78 Å². The second kappa shape index (κ2) is 6.02. The van der Waals surface area contributed by atoms with Gasteiger partial charge in [-0.05, 0) is 18.2 Å². The number of hydrogen-bond acceptors (Lipinski definition) is 3. The number of nitrogens with one attached hydrogen (secondary N) is 1. The van der Waals surface area contributed by atoms with Gasteiger partial charge in [0.25, 0.3) is 0 Å². The van der Waals surface area contributed by atoms with Gasteiger partial charge in [0, 0.05) is 12.1 Å². The smallest absolute Gasteiger partial charge is 0.163 e. The fourth-order valence-corrected chi connectivity index (χ4v) is 1.85. The fourth-order valence-electron chi connectivity index (χ4n) is 1.85. The Bertz CT molecular complexity index is 665. The van der Waals surface area contributed by atoms with Crippen molar-refractivity contribution in [2.75, 3.05) is 12.4 Å². The molecule has 0 unspecified atom stereocenters. The van der Waals surface area contributed by atoms with E-state index >= 15 is 0 Å². The van der Waals surface area contributed by atoms with Crippen molar-refractivity contribution < 1.29 is 13.5 Å². The van der Waals surface area contributed by atoms with Crippen LogP contribution in [0, 0.1) is 23.0 Å². The molecular formula is C15H12F2N2O. The predicted molar refractivity (Wildman–Crippen MR) is 71.4 cm³/mol. The number of benzene rings is 2. The van der Waals surface area contributed by atoms with E-state index in [1.54, 1.807) is 18.2 Å². The minimum Gasteiger partial charge on any atom is -0.495 e. The van der Waals surface area contributed by atoms with Gasteiger partial charge in [-0.2, -0.15) is 5.26 Å². The van der Waals surface area contributed by atoms with Crippen LogP contribution in [0.5, 0.6) is 5.75 Å². The minimum absolute atomic E-state index is 0.0542. The lowest BCUT2D eigenvalue weighted by atomic mass is 10.1. The average molecular weight is 274 g/mol. The number of nitriles is 1. The molecule has 0 atom stereocenters. The highest BCUT2D eigenvalue weighted by Gasteiger charge is 2.11. The predicted octanol–water partition coefficient (Wildman–Crippen LogP) is 3.46. The number of nitrogens with zero attached hydrogens (tertiary/aromatic N) is 1. The van der Waals surface area contributed by atoms with E-state index in [1.807, 2.05) is 6.07 Å². The van der Waals surface area contributed by atoms with Gasteiger partial charge in [-0.15, -0.1) is 0 Å². The Labute approximate surface area is 115 Å². The van der Waals surface area contributed by atoms with Crippen LogP contribution in [0.2, 0.25) is 0 Å². The van der Waals surface area contributed by atoms with Gasteiger partial charge in [0.15, 0.2) is 11.6 Å². The summed E-state index contributed by atoms with van der Waals surface area (Å²) < 4.78 is 31.8. The molecule has 20 heavy (non-hydrogen) atoms. The van der Waals surface area contributed by atoms with E-state index in [4.69, 9.17) is 10.00 Å². The molecule has 0 aromatic heterocycles. The summed E-state index contributed by atoms with van der Waals surface area (Å²) in [5, 5.41) is 12.0. The van der Waals surface area contributed by atoms with Gasteiger partial charge in [0.2, 0.25) is 0 Å². The zero-order valence-electron chi connectivity index (χ0n) is 10.8. The third kappa shape index (κ3) is 2.69. The van der Waals surface area contributed by atoms with Crippen molar-refractivity contribution in [1.29, 1.82) is 5.26 Å². The van der Waals surface area contributed by atoms with Crippen molar-refractivity contribution in [2.45, 2.75) is 6.54 Å². The van der Waals surface area contributed by atoms with E-state index in [-0.39, 0.29) is 12.1 Å². The van der Waals surface area contributed by atoms with Gasteiger partial charge >= 0.3 is 0 Å². The van der Waals surface area contributed by atoms with Crippen molar-refractivity contribution in [3.8, 4) is 11.8 Å². The third-order valence-corrected chi connectivity index (χ3v) is 2.85. The molecule has 0 heterocycles. The standard InChI is InChI=1S/C15H12F2N2O/c1-20-13-7-3-4-10(8-18)15(13)19-9-11-5-2-6-12(16)14(11)17/h2-7,19H,9H2,1H3. The number of halogens is 2. The second-order valence-electron chi connectivity index (χ2n) is 4.06. The summed E-state index contributed by atoms with van der Waals surface area (Å²) in [6.07, 6.45) is 0. The van der Waals surface area contributed by atoms with Crippen LogP contribution in [0.25, 0.3) is 0 Å². The van der Waals surface area contributed by atoms with Gasteiger partial charge in [-0.1, -0.05) is 18.2 Å². The molecule has 3 nitrogen and oxygen atoms in total. The Morgan fingerprint density at radius 3 is 2.65 bits per heavy atom. The summed E-state index contributed by atoms with van der Waals surface area (Å²) in [7, 11) is 1.48. The van der Waals surface area contributed by atoms with Crippen molar-refractivity contribution in [3.05, 3.63) is 59.2 Å². The highest BCUT2D eigenvalue weighted by molar-refractivity contribution is 5.66. The van der Waals surface area contributed by atoms with Crippen molar-refractivity contribution in [3.63, 3.8) is 0 Å². The van der Waals surface area contributed by atoms with E-state index < -0.39 is 11.6 Å². The van der Waals surface area contributed by atoms with Gasteiger partial charge in [0.1, 0.15) is 11.8 Å². The quantitative estimate of drug-likeness (QED) is 0.928. The molecule has 102 valence electrons. The van der Waals surface area contributed by atoms with Crippen LogP contribution in [0.4, 0.5) is 14.5 Å². The number of para-hydroxylation sites is 1. The average Bonchev–Trinajstić information content (AvgIpc) is 2.48. The zero-order chi connectivity index (χ0) is 14.5. The Kier molecular flexibility index (Phi) is 4.16. The van der Waals surface area contributed by atoms with Gasteiger partial charge < -0.3 is 10.1 Å². The molecule has 0 aliphatic carbocycles. The molecule has 0 aliphatic rings. The summed E-state index contributed by atoms with van der Waals surface area (Å²) in [5.74, 6) is -1.32. The summed E-state index contributed by atoms with van der Waals surface area (Å²) in [5.41, 5.74) is 1.02. The summed E-state index contributed by atoms with van der Waals surface area (Å²) in [6.45, 7) is 0.0542. The molecule has 0 amide bonds.